The molecule has 0 atom stereocenters. The van der Waals surface area contributed by atoms with Gasteiger partial charge in [-0.25, -0.2) is 4.79 Å². The summed E-state index contributed by atoms with van der Waals surface area (Å²) in [5.41, 5.74) is 0.835. The van der Waals surface area contributed by atoms with E-state index in [1.54, 1.807) is 29.8 Å². The topological polar surface area (TPSA) is 99.8 Å². The number of alkyl halides is 6. The van der Waals surface area contributed by atoms with Gasteiger partial charge in [0.15, 0.2) is 0 Å². The molecule has 3 N–H and O–H groups in total. The van der Waals surface area contributed by atoms with E-state index in [-0.39, 0.29) is 32.7 Å². The molecule has 0 unspecified atom stereocenters. The first-order chi connectivity index (χ1) is 15.8. The number of carbonyl (C=O) groups is 3. The summed E-state index contributed by atoms with van der Waals surface area (Å²) in [4.78, 5) is 33.6. The number of ether oxygens (including phenoxy) is 1. The zero-order valence-corrected chi connectivity index (χ0v) is 18.7. The van der Waals surface area contributed by atoms with Gasteiger partial charge in [0.2, 0.25) is 0 Å². The lowest BCUT2D eigenvalue weighted by Gasteiger charge is -2.17. The second-order valence-corrected chi connectivity index (χ2v) is 6.78. The van der Waals surface area contributed by atoms with Crippen LogP contribution in [-0.2, 0) is 20.9 Å². The Labute approximate surface area is 193 Å². The molecule has 1 rings (SSSR count). The van der Waals surface area contributed by atoms with Crippen molar-refractivity contribution in [2.24, 2.45) is 0 Å². The summed E-state index contributed by atoms with van der Waals surface area (Å²) in [7, 11) is 3.16. The molecule has 34 heavy (non-hydrogen) atoms. The number of benzene rings is 1. The van der Waals surface area contributed by atoms with Crippen molar-refractivity contribution in [3.8, 4) is 0 Å². The van der Waals surface area contributed by atoms with Gasteiger partial charge in [-0.2, -0.15) is 26.3 Å². The first kappa shape index (κ1) is 31.0. The summed E-state index contributed by atoms with van der Waals surface area (Å²) in [6.45, 7) is 0.743. The number of hydrogen-bond donors (Lipinski definition) is 3. The molecule has 8 nitrogen and oxygen atoms in total. The van der Waals surface area contributed by atoms with Crippen LogP contribution in [0.1, 0.15) is 18.4 Å². The maximum Gasteiger partial charge on any atom is 0.471 e. The van der Waals surface area contributed by atoms with Gasteiger partial charge in [-0.3, -0.25) is 9.59 Å². The number of hydrogen-bond acceptors (Lipinski definition) is 5. The van der Waals surface area contributed by atoms with Crippen LogP contribution in [0.2, 0.25) is 0 Å². The van der Waals surface area contributed by atoms with Gasteiger partial charge in [0.1, 0.15) is 6.61 Å². The number of halogens is 6. The van der Waals surface area contributed by atoms with Crippen LogP contribution in [0.3, 0.4) is 0 Å². The molecular weight excluding hydrogens is 474 g/mol. The Morgan fingerprint density at radius 3 is 1.82 bits per heavy atom. The van der Waals surface area contributed by atoms with Crippen LogP contribution in [0, 0.1) is 0 Å². The van der Waals surface area contributed by atoms with Crippen molar-refractivity contribution < 1.29 is 45.5 Å². The van der Waals surface area contributed by atoms with Crippen molar-refractivity contribution in [2.45, 2.75) is 31.8 Å². The largest absolute Gasteiger partial charge is 0.471 e. The van der Waals surface area contributed by atoms with E-state index in [9.17, 15) is 40.7 Å². The lowest BCUT2D eigenvalue weighted by Crippen LogP contribution is -2.38. The molecule has 0 aromatic heterocycles. The van der Waals surface area contributed by atoms with Crippen LogP contribution >= 0.6 is 0 Å². The monoisotopic (exact) mass is 502 g/mol. The quantitative estimate of drug-likeness (QED) is 0.338. The predicted octanol–water partition coefficient (Wildman–Crippen LogP) is 2.60. The summed E-state index contributed by atoms with van der Waals surface area (Å²) in [5.74, 6) is -3.86. The van der Waals surface area contributed by atoms with Gasteiger partial charge in [0, 0.05) is 26.7 Å². The van der Waals surface area contributed by atoms with Crippen molar-refractivity contribution in [1.82, 2.24) is 20.9 Å². The van der Waals surface area contributed by atoms with Crippen molar-refractivity contribution in [1.29, 1.82) is 0 Å². The van der Waals surface area contributed by atoms with Gasteiger partial charge in [0.05, 0.1) is 0 Å². The maximum absolute atomic E-state index is 11.9. The third kappa shape index (κ3) is 14.9. The van der Waals surface area contributed by atoms with E-state index in [2.05, 4.69) is 5.32 Å². The van der Waals surface area contributed by atoms with Crippen molar-refractivity contribution in [3.63, 3.8) is 0 Å². The normalized spacial score (nSPS) is 11.1. The number of rotatable bonds is 10. The van der Waals surface area contributed by atoms with Crippen LogP contribution in [0.25, 0.3) is 0 Å². The fraction of sp³-hybridized carbons (Fsp3) is 0.550. The van der Waals surface area contributed by atoms with Gasteiger partial charge in [-0.1, -0.05) is 30.3 Å². The molecule has 0 fully saturated rings. The molecule has 14 heteroatoms. The third-order valence-corrected chi connectivity index (χ3v) is 3.88. The molecule has 0 radical (unpaired) electrons. The van der Waals surface area contributed by atoms with E-state index < -0.39 is 30.3 Å². The molecule has 0 bridgehead atoms. The average Bonchev–Trinajstić information content (AvgIpc) is 2.77. The minimum absolute atomic E-state index is 0.0409. The lowest BCUT2D eigenvalue weighted by atomic mass is 10.2. The Morgan fingerprint density at radius 2 is 1.35 bits per heavy atom. The average molecular weight is 502 g/mol. The van der Waals surface area contributed by atoms with E-state index >= 15 is 0 Å². The molecule has 0 aliphatic heterocycles. The summed E-state index contributed by atoms with van der Waals surface area (Å²) >= 11 is 0. The standard InChI is InChI=1S/C14H17F3N2O3.C6H11F3N2O/c1-19(9-5-8-18-12(20)14(15,16)17)13(21)22-10-11-6-3-2-4-7-11;1-10-3-2-4-11-5(12)6(7,8)9/h2-4,6-7H,5,8-10H2,1H3,(H,18,20);10H,2-4H2,1H3,(H,11,12). The second kappa shape index (κ2) is 15.7. The van der Waals surface area contributed by atoms with Crippen molar-refractivity contribution >= 4 is 17.9 Å². The highest BCUT2D eigenvalue weighted by Crippen LogP contribution is 2.14. The smallest absolute Gasteiger partial charge is 0.445 e. The minimum Gasteiger partial charge on any atom is -0.445 e. The molecule has 0 saturated heterocycles. The molecule has 0 aliphatic carbocycles. The molecule has 1 aromatic carbocycles. The SMILES string of the molecule is CN(CCCNC(=O)C(F)(F)F)C(=O)OCc1ccccc1.CNCCCNC(=O)C(F)(F)F. The number of nitrogens with one attached hydrogen (secondary N) is 3. The predicted molar refractivity (Wildman–Crippen MR) is 111 cm³/mol. The number of amides is 3. The summed E-state index contributed by atoms with van der Waals surface area (Å²) in [5, 5.41) is 6.23. The molecule has 0 saturated carbocycles. The Morgan fingerprint density at radius 1 is 0.853 bits per heavy atom. The highest BCUT2D eigenvalue weighted by atomic mass is 19.4. The highest BCUT2D eigenvalue weighted by molar-refractivity contribution is 5.81. The Hall–Kier alpha value is -3.03. The van der Waals surface area contributed by atoms with Crippen molar-refractivity contribution in [3.05, 3.63) is 35.9 Å². The Balaban J connectivity index is 0.000000770. The number of carbonyl (C=O) groups excluding carboxylic acids is 3. The van der Waals surface area contributed by atoms with E-state index in [0.29, 0.717) is 13.0 Å². The van der Waals surface area contributed by atoms with Gasteiger partial charge >= 0.3 is 30.3 Å². The zero-order valence-electron chi connectivity index (χ0n) is 18.7. The molecule has 0 heterocycles. The zero-order chi connectivity index (χ0) is 26.2. The van der Waals surface area contributed by atoms with E-state index in [0.717, 1.165) is 5.56 Å². The molecular formula is C20H28F6N4O4. The van der Waals surface area contributed by atoms with Crippen LogP contribution < -0.4 is 16.0 Å². The fourth-order valence-corrected chi connectivity index (χ4v) is 2.11. The third-order valence-electron chi connectivity index (χ3n) is 3.88. The molecule has 0 aliphatic rings. The molecule has 1 aromatic rings. The van der Waals surface area contributed by atoms with Crippen molar-refractivity contribution in [2.75, 3.05) is 40.3 Å². The summed E-state index contributed by atoms with van der Waals surface area (Å²) in [6, 6.07) is 9.08. The number of nitrogens with zero attached hydrogens (tertiary/aromatic N) is 1. The van der Waals surface area contributed by atoms with Gasteiger partial charge < -0.3 is 25.6 Å². The molecule has 194 valence electrons. The second-order valence-electron chi connectivity index (χ2n) is 6.78. The van der Waals surface area contributed by atoms with Crippen LogP contribution in [0.5, 0.6) is 0 Å². The first-order valence-corrected chi connectivity index (χ1v) is 10.1. The van der Waals surface area contributed by atoms with E-state index in [1.807, 2.05) is 18.2 Å². The van der Waals surface area contributed by atoms with Gasteiger partial charge in [0.25, 0.3) is 0 Å². The minimum atomic E-state index is -4.89. The summed E-state index contributed by atoms with van der Waals surface area (Å²) in [6.07, 6.45) is -9.55. The van der Waals surface area contributed by atoms with Crippen LogP contribution in [0.4, 0.5) is 31.1 Å². The Kier molecular flexibility index (Phi) is 14.3. The van der Waals surface area contributed by atoms with Gasteiger partial charge in [-0.15, -0.1) is 0 Å². The summed E-state index contributed by atoms with van der Waals surface area (Å²) < 4.78 is 75.4. The van der Waals surface area contributed by atoms with E-state index in [4.69, 9.17) is 4.74 Å². The van der Waals surface area contributed by atoms with Gasteiger partial charge in [-0.05, 0) is 32.0 Å². The van der Waals surface area contributed by atoms with E-state index in [1.165, 1.54) is 11.9 Å². The first-order valence-electron chi connectivity index (χ1n) is 10.1. The molecule has 3 amide bonds. The molecule has 0 spiro atoms. The Bertz CT molecular complexity index is 745. The highest BCUT2D eigenvalue weighted by Gasteiger charge is 2.38. The maximum atomic E-state index is 11.9. The fourth-order valence-electron chi connectivity index (χ4n) is 2.11. The van der Waals surface area contributed by atoms with Crippen LogP contribution in [-0.4, -0.2) is 75.4 Å². The lowest BCUT2D eigenvalue weighted by molar-refractivity contribution is -0.173. The van der Waals surface area contributed by atoms with Crippen LogP contribution in [0.15, 0.2) is 30.3 Å².